The molecule has 0 bridgehead atoms. The fraction of sp³-hybridized carbons (Fsp3) is 0.0714. The molecule has 4 heteroatoms. The van der Waals surface area contributed by atoms with Crippen LogP contribution in [0, 0.1) is 0 Å². The summed E-state index contributed by atoms with van der Waals surface area (Å²) in [6, 6.07) is 14.0. The summed E-state index contributed by atoms with van der Waals surface area (Å²) in [5, 5.41) is 9.63. The smallest absolute Gasteiger partial charge is 0.342 e. The van der Waals surface area contributed by atoms with Crippen molar-refractivity contribution in [3.05, 3.63) is 64.1 Å². The van der Waals surface area contributed by atoms with Crippen molar-refractivity contribution in [2.75, 3.05) is 0 Å². The van der Waals surface area contributed by atoms with E-state index in [1.165, 1.54) is 12.1 Å². The predicted molar refractivity (Wildman–Crippen MR) is 71.4 cm³/mol. The van der Waals surface area contributed by atoms with Gasteiger partial charge < -0.3 is 9.84 Å². The molecule has 2 aromatic carbocycles. The molecule has 2 aromatic rings. The van der Waals surface area contributed by atoms with Crippen LogP contribution < -0.4 is 0 Å². The molecule has 0 radical (unpaired) electrons. The van der Waals surface area contributed by atoms with Crippen LogP contribution in [0.3, 0.4) is 0 Å². The number of ether oxygens (including phenoxy) is 1. The number of esters is 1. The standard InChI is InChI=1S/C14H11BrO3/c15-11-6-7-12(13(16)8-11)14(17)18-9-10-4-2-1-3-5-10/h1-8,16H,9H2. The Kier molecular flexibility index (Phi) is 3.99. The number of halogens is 1. The first-order valence-corrected chi connectivity index (χ1v) is 6.15. The second-order valence-corrected chi connectivity index (χ2v) is 4.64. The van der Waals surface area contributed by atoms with E-state index in [1.807, 2.05) is 30.3 Å². The van der Waals surface area contributed by atoms with Crippen molar-refractivity contribution in [3.63, 3.8) is 0 Å². The minimum atomic E-state index is -0.538. The second-order valence-electron chi connectivity index (χ2n) is 3.72. The summed E-state index contributed by atoms with van der Waals surface area (Å²) in [5.41, 5.74) is 1.07. The largest absolute Gasteiger partial charge is 0.507 e. The van der Waals surface area contributed by atoms with Crippen LogP contribution >= 0.6 is 15.9 Å². The first-order valence-electron chi connectivity index (χ1n) is 5.36. The van der Waals surface area contributed by atoms with E-state index >= 15 is 0 Å². The molecule has 0 heterocycles. The zero-order chi connectivity index (χ0) is 13.0. The van der Waals surface area contributed by atoms with E-state index < -0.39 is 5.97 Å². The molecule has 0 aromatic heterocycles. The number of phenolic OH excluding ortho intramolecular Hbond substituents is 1. The SMILES string of the molecule is O=C(OCc1ccccc1)c1ccc(Br)cc1O. The summed E-state index contributed by atoms with van der Waals surface area (Å²) < 4.78 is 5.83. The number of hydrogen-bond acceptors (Lipinski definition) is 3. The number of carbonyl (C=O) groups excluding carboxylic acids is 1. The van der Waals surface area contributed by atoms with Crippen LogP contribution in [-0.4, -0.2) is 11.1 Å². The van der Waals surface area contributed by atoms with Crippen LogP contribution in [0.1, 0.15) is 15.9 Å². The van der Waals surface area contributed by atoms with Gasteiger partial charge >= 0.3 is 5.97 Å². The highest BCUT2D eigenvalue weighted by molar-refractivity contribution is 9.10. The molecule has 0 atom stereocenters. The van der Waals surface area contributed by atoms with Crippen LogP contribution in [0.15, 0.2) is 53.0 Å². The number of benzene rings is 2. The first kappa shape index (κ1) is 12.6. The summed E-state index contributed by atoms with van der Waals surface area (Å²) >= 11 is 3.21. The van der Waals surface area contributed by atoms with Crippen LogP contribution in [0.5, 0.6) is 5.75 Å². The Labute approximate surface area is 113 Å². The van der Waals surface area contributed by atoms with Gasteiger partial charge in [-0.3, -0.25) is 0 Å². The molecule has 0 amide bonds. The van der Waals surface area contributed by atoms with E-state index in [2.05, 4.69) is 15.9 Å². The highest BCUT2D eigenvalue weighted by Crippen LogP contribution is 2.23. The van der Waals surface area contributed by atoms with Crippen LogP contribution in [-0.2, 0) is 11.3 Å². The van der Waals surface area contributed by atoms with Gasteiger partial charge in [0.2, 0.25) is 0 Å². The molecule has 0 fully saturated rings. The fourth-order valence-corrected chi connectivity index (χ4v) is 1.83. The molecule has 0 unspecified atom stereocenters. The van der Waals surface area contributed by atoms with E-state index in [-0.39, 0.29) is 17.9 Å². The van der Waals surface area contributed by atoms with Gasteiger partial charge in [-0.2, -0.15) is 0 Å². The van der Waals surface area contributed by atoms with Crippen LogP contribution in [0.2, 0.25) is 0 Å². The van der Waals surface area contributed by atoms with E-state index in [9.17, 15) is 9.90 Å². The Morgan fingerprint density at radius 2 is 1.89 bits per heavy atom. The molecule has 0 saturated heterocycles. The van der Waals surface area contributed by atoms with E-state index in [1.54, 1.807) is 6.07 Å². The third-order valence-corrected chi connectivity index (χ3v) is 2.89. The van der Waals surface area contributed by atoms with E-state index in [4.69, 9.17) is 4.74 Å². The summed E-state index contributed by atoms with van der Waals surface area (Å²) in [7, 11) is 0. The van der Waals surface area contributed by atoms with Crippen molar-refractivity contribution >= 4 is 21.9 Å². The number of phenols is 1. The molecule has 1 N–H and O–H groups in total. The molecule has 0 aliphatic rings. The Bertz CT molecular complexity index is 552. The number of aromatic hydroxyl groups is 1. The quantitative estimate of drug-likeness (QED) is 0.883. The summed E-state index contributed by atoms with van der Waals surface area (Å²) in [6.45, 7) is 0.190. The first-order chi connectivity index (χ1) is 8.66. The normalized spacial score (nSPS) is 10.1. The van der Waals surface area contributed by atoms with E-state index in [0.717, 1.165) is 5.56 Å². The molecular weight excluding hydrogens is 296 g/mol. The molecule has 18 heavy (non-hydrogen) atoms. The molecule has 92 valence electrons. The van der Waals surface area contributed by atoms with Crippen LogP contribution in [0.25, 0.3) is 0 Å². The van der Waals surface area contributed by atoms with Gasteiger partial charge in [-0.1, -0.05) is 46.3 Å². The number of rotatable bonds is 3. The van der Waals surface area contributed by atoms with Gasteiger partial charge in [0, 0.05) is 4.47 Å². The fourth-order valence-electron chi connectivity index (χ4n) is 1.48. The minimum absolute atomic E-state index is 0.0950. The van der Waals surface area contributed by atoms with Crippen molar-refractivity contribution in [2.45, 2.75) is 6.61 Å². The highest BCUT2D eigenvalue weighted by Gasteiger charge is 2.12. The maximum atomic E-state index is 11.8. The molecular formula is C14H11BrO3. The minimum Gasteiger partial charge on any atom is -0.507 e. The molecule has 0 saturated carbocycles. The average Bonchev–Trinajstić information content (AvgIpc) is 2.37. The Morgan fingerprint density at radius 1 is 1.17 bits per heavy atom. The van der Waals surface area contributed by atoms with Crippen LogP contribution in [0.4, 0.5) is 0 Å². The zero-order valence-electron chi connectivity index (χ0n) is 9.47. The Hall–Kier alpha value is -1.81. The van der Waals surface area contributed by atoms with Crippen molar-refractivity contribution in [1.29, 1.82) is 0 Å². The maximum absolute atomic E-state index is 11.8. The van der Waals surface area contributed by atoms with Crippen molar-refractivity contribution < 1.29 is 14.6 Å². The van der Waals surface area contributed by atoms with Crippen molar-refractivity contribution in [2.24, 2.45) is 0 Å². The summed E-state index contributed by atoms with van der Waals surface area (Å²) in [6.07, 6.45) is 0. The second kappa shape index (κ2) is 5.69. The Balaban J connectivity index is 2.04. The molecule has 0 spiro atoms. The monoisotopic (exact) mass is 306 g/mol. The van der Waals surface area contributed by atoms with Gasteiger partial charge in [-0.15, -0.1) is 0 Å². The van der Waals surface area contributed by atoms with Crippen molar-refractivity contribution in [3.8, 4) is 5.75 Å². The van der Waals surface area contributed by atoms with Gasteiger partial charge in [0.15, 0.2) is 0 Å². The number of hydrogen-bond donors (Lipinski definition) is 1. The average molecular weight is 307 g/mol. The lowest BCUT2D eigenvalue weighted by molar-refractivity contribution is 0.0469. The lowest BCUT2D eigenvalue weighted by Gasteiger charge is -2.06. The Morgan fingerprint density at radius 3 is 2.56 bits per heavy atom. The van der Waals surface area contributed by atoms with Gasteiger partial charge in [0.05, 0.1) is 0 Å². The van der Waals surface area contributed by atoms with Gasteiger partial charge in [0.25, 0.3) is 0 Å². The molecule has 2 rings (SSSR count). The number of carbonyl (C=O) groups is 1. The third kappa shape index (κ3) is 3.11. The van der Waals surface area contributed by atoms with Crippen molar-refractivity contribution in [1.82, 2.24) is 0 Å². The van der Waals surface area contributed by atoms with Gasteiger partial charge in [-0.25, -0.2) is 4.79 Å². The molecule has 0 aliphatic carbocycles. The predicted octanol–water partition coefficient (Wildman–Crippen LogP) is 3.51. The lowest BCUT2D eigenvalue weighted by atomic mass is 10.2. The molecule has 0 aliphatic heterocycles. The highest BCUT2D eigenvalue weighted by atomic mass is 79.9. The van der Waals surface area contributed by atoms with Gasteiger partial charge in [0.1, 0.15) is 17.9 Å². The maximum Gasteiger partial charge on any atom is 0.342 e. The topological polar surface area (TPSA) is 46.5 Å². The lowest BCUT2D eigenvalue weighted by Crippen LogP contribution is -2.05. The third-order valence-electron chi connectivity index (χ3n) is 2.39. The summed E-state index contributed by atoms with van der Waals surface area (Å²) in [5.74, 6) is -0.633. The van der Waals surface area contributed by atoms with Gasteiger partial charge in [-0.05, 0) is 23.8 Å². The zero-order valence-corrected chi connectivity index (χ0v) is 11.1. The van der Waals surface area contributed by atoms with E-state index in [0.29, 0.717) is 4.47 Å². The summed E-state index contributed by atoms with van der Waals surface area (Å²) in [4.78, 5) is 11.8. The molecule has 3 nitrogen and oxygen atoms in total.